The minimum Gasteiger partial charge on any atom is -0.423 e. The lowest BCUT2D eigenvalue weighted by molar-refractivity contribution is -0.102. The Balaban J connectivity index is 2.50. The van der Waals surface area contributed by atoms with Crippen LogP contribution in [0.5, 0.6) is 5.88 Å². The number of aromatic nitrogens is 2. The fourth-order valence-corrected chi connectivity index (χ4v) is 4.58. The molecule has 1 N–H and O–H groups in total. The van der Waals surface area contributed by atoms with Gasteiger partial charge in [0, 0.05) is 12.3 Å². The van der Waals surface area contributed by atoms with Crippen molar-refractivity contribution in [3.8, 4) is 30.6 Å². The third-order valence-electron chi connectivity index (χ3n) is 4.66. The van der Waals surface area contributed by atoms with Gasteiger partial charge < -0.3 is 33.3 Å². The molecule has 1 aromatic rings. The van der Waals surface area contributed by atoms with Gasteiger partial charge in [-0.05, 0) is 41.5 Å². The van der Waals surface area contributed by atoms with Gasteiger partial charge in [0.05, 0.1) is 17.8 Å². The molecule has 5 atom stereocenters. The summed E-state index contributed by atoms with van der Waals surface area (Å²) in [6.45, 7) is 8.78. The molecule has 1 saturated heterocycles. The number of hydrogen-bond acceptors (Lipinski definition) is 13. The first-order valence-corrected chi connectivity index (χ1v) is 13.6. The van der Waals surface area contributed by atoms with Crippen LogP contribution >= 0.6 is 7.82 Å². The van der Waals surface area contributed by atoms with Crippen LogP contribution < -0.4 is 10.4 Å². The molecule has 41 heavy (non-hydrogen) atoms. The van der Waals surface area contributed by atoms with Crippen LogP contribution in [0.1, 0.15) is 47.8 Å². The number of carbonyl (C=O) groups is 2. The molecule has 0 bridgehead atoms. The summed E-state index contributed by atoms with van der Waals surface area (Å²) in [4.78, 5) is 51.2. The number of phosphoric acid groups is 1. The van der Waals surface area contributed by atoms with Crippen molar-refractivity contribution < 1.29 is 56.5 Å². The average Bonchev–Trinajstić information content (AvgIpc) is 3.14. The Kier molecular flexibility index (Phi) is 11.5. The van der Waals surface area contributed by atoms with Crippen molar-refractivity contribution in [3.05, 3.63) is 22.7 Å². The van der Waals surface area contributed by atoms with Crippen LogP contribution in [-0.4, -0.2) is 76.1 Å². The van der Waals surface area contributed by atoms with Gasteiger partial charge in [-0.2, -0.15) is 4.98 Å². The molecule has 16 heteroatoms. The second-order valence-corrected chi connectivity index (χ2v) is 11.7. The summed E-state index contributed by atoms with van der Waals surface area (Å²) < 4.78 is 55.7. The fourth-order valence-electron chi connectivity index (χ4n) is 3.28. The van der Waals surface area contributed by atoms with Gasteiger partial charge in [-0.25, -0.2) is 18.9 Å². The molecule has 1 aromatic heterocycles. The summed E-state index contributed by atoms with van der Waals surface area (Å²) in [7, 11) is -4.82. The van der Waals surface area contributed by atoms with E-state index in [1.54, 1.807) is 20.8 Å². The summed E-state index contributed by atoms with van der Waals surface area (Å²) >= 11 is 0. The second-order valence-electron chi connectivity index (χ2n) is 10.4. The van der Waals surface area contributed by atoms with Crippen molar-refractivity contribution in [2.75, 3.05) is 19.8 Å². The Labute approximate surface area is 236 Å². The van der Waals surface area contributed by atoms with E-state index in [4.69, 9.17) is 45.6 Å². The Hall–Kier alpha value is -3.43. The van der Waals surface area contributed by atoms with Gasteiger partial charge in [0.25, 0.3) is 0 Å². The molecule has 2 heterocycles. The van der Waals surface area contributed by atoms with Crippen molar-refractivity contribution in [2.24, 2.45) is 0 Å². The van der Waals surface area contributed by atoms with Gasteiger partial charge in [0.2, 0.25) is 5.88 Å². The van der Waals surface area contributed by atoms with E-state index < -0.39 is 74.1 Å². The molecular formula is C25H33N2O13P. The number of hydrogen-bond donors (Lipinski definition) is 1. The lowest BCUT2D eigenvalue weighted by Gasteiger charge is -2.29. The molecule has 1 aliphatic rings. The standard InChI is InChI=1S/C25H33N2O13P/c1-9-13-33-22(29)37-17-11-12-27(21(28)26-17)20-19(38-23(30)34-14-10-2)18(16(36-20)15-35-24(3,4)5)39-41(31,32)40-25(6,7)8/h1-2,11-12,16,18-20H,13-15H2,3-8H3,(H,31,32)/t16-,18?,19+,20-/m1/s1. The summed E-state index contributed by atoms with van der Waals surface area (Å²) in [6, 6.07) is 1.12. The fraction of sp³-hybridized carbons (Fsp3) is 0.600. The van der Waals surface area contributed by atoms with E-state index in [9.17, 15) is 23.8 Å². The number of carbonyl (C=O) groups excluding carboxylic acids is 2. The van der Waals surface area contributed by atoms with Crippen molar-refractivity contribution in [1.29, 1.82) is 0 Å². The lowest BCUT2D eigenvalue weighted by Crippen LogP contribution is -2.42. The van der Waals surface area contributed by atoms with E-state index in [1.807, 2.05) is 0 Å². The molecule has 0 saturated carbocycles. The highest BCUT2D eigenvalue weighted by atomic mass is 31.2. The summed E-state index contributed by atoms with van der Waals surface area (Å²) in [6.07, 6.45) is 2.97. The Morgan fingerprint density at radius 1 is 1.07 bits per heavy atom. The van der Waals surface area contributed by atoms with Crippen LogP contribution in [0.15, 0.2) is 17.1 Å². The molecule has 0 amide bonds. The van der Waals surface area contributed by atoms with E-state index in [-0.39, 0.29) is 13.2 Å². The zero-order valence-electron chi connectivity index (χ0n) is 23.4. The number of phosphoric ester groups is 1. The highest BCUT2D eigenvalue weighted by Gasteiger charge is 2.53. The number of terminal acetylenes is 2. The minimum atomic E-state index is -4.82. The maximum absolute atomic E-state index is 12.9. The Bertz CT molecular complexity index is 1270. The van der Waals surface area contributed by atoms with Gasteiger partial charge >= 0.3 is 25.8 Å². The number of nitrogens with zero attached hydrogens (tertiary/aromatic N) is 2. The third kappa shape index (κ3) is 11.2. The first-order chi connectivity index (χ1) is 18.9. The van der Waals surface area contributed by atoms with Crippen molar-refractivity contribution in [3.63, 3.8) is 0 Å². The average molecular weight is 601 g/mol. The summed E-state index contributed by atoms with van der Waals surface area (Å²) in [5.41, 5.74) is -2.83. The van der Waals surface area contributed by atoms with Crippen LogP contribution in [0.3, 0.4) is 0 Å². The molecule has 1 fully saturated rings. The maximum atomic E-state index is 12.9. The first kappa shape index (κ1) is 33.8. The van der Waals surface area contributed by atoms with Crippen molar-refractivity contribution >= 4 is 20.1 Å². The zero-order valence-corrected chi connectivity index (χ0v) is 24.3. The molecule has 1 aliphatic heterocycles. The molecule has 226 valence electrons. The SMILES string of the molecule is C#CCOC(=O)Oc1ccn([C@@H]2O[C@H](COC(C)(C)C)C(OP(=O)(O)OC(C)(C)C)[C@@H]2OC(=O)OCC#C)c(=O)n1. The maximum Gasteiger partial charge on any atom is 0.516 e. The highest BCUT2D eigenvalue weighted by Crippen LogP contribution is 2.51. The molecule has 0 spiro atoms. The van der Waals surface area contributed by atoms with E-state index >= 15 is 0 Å². The minimum absolute atomic E-state index is 0.232. The molecular weight excluding hydrogens is 567 g/mol. The van der Waals surface area contributed by atoms with Crippen LogP contribution in [0, 0.1) is 24.7 Å². The monoisotopic (exact) mass is 600 g/mol. The summed E-state index contributed by atoms with van der Waals surface area (Å²) in [5, 5.41) is 0. The molecule has 2 unspecified atom stereocenters. The molecule has 0 radical (unpaired) electrons. The zero-order chi connectivity index (χ0) is 31.0. The molecule has 0 aromatic carbocycles. The molecule has 0 aliphatic carbocycles. The topological polar surface area (TPSA) is 180 Å². The summed E-state index contributed by atoms with van der Waals surface area (Å²) in [5.74, 6) is 3.73. The van der Waals surface area contributed by atoms with Gasteiger partial charge in [-0.15, -0.1) is 12.8 Å². The first-order valence-electron chi connectivity index (χ1n) is 12.1. The van der Waals surface area contributed by atoms with Gasteiger partial charge in [0.1, 0.15) is 12.2 Å². The van der Waals surface area contributed by atoms with Gasteiger partial charge in [-0.3, -0.25) is 13.6 Å². The van der Waals surface area contributed by atoms with Crippen LogP contribution in [-0.2, 0) is 37.3 Å². The van der Waals surface area contributed by atoms with E-state index in [0.717, 1.165) is 16.8 Å². The molecule has 15 nitrogen and oxygen atoms in total. The van der Waals surface area contributed by atoms with Crippen LogP contribution in [0.2, 0.25) is 0 Å². The van der Waals surface area contributed by atoms with Crippen molar-refractivity contribution in [2.45, 2.75) is 77.3 Å². The quantitative estimate of drug-likeness (QED) is 0.235. The Morgan fingerprint density at radius 2 is 1.68 bits per heavy atom. The number of rotatable bonds is 10. The smallest absolute Gasteiger partial charge is 0.423 e. The van der Waals surface area contributed by atoms with E-state index in [1.165, 1.54) is 20.8 Å². The predicted octanol–water partition coefficient (Wildman–Crippen LogP) is 2.56. The Morgan fingerprint density at radius 3 is 2.22 bits per heavy atom. The van der Waals surface area contributed by atoms with Crippen molar-refractivity contribution in [1.82, 2.24) is 9.55 Å². The third-order valence-corrected chi connectivity index (χ3v) is 5.94. The van der Waals surface area contributed by atoms with Gasteiger partial charge in [0.15, 0.2) is 25.5 Å². The predicted molar refractivity (Wildman–Crippen MR) is 140 cm³/mol. The lowest BCUT2D eigenvalue weighted by atomic mass is 10.1. The highest BCUT2D eigenvalue weighted by molar-refractivity contribution is 7.47. The largest absolute Gasteiger partial charge is 0.516 e. The number of ether oxygens (including phenoxy) is 6. The molecule has 2 rings (SSSR count). The normalized spacial score (nSPS) is 22.1. The van der Waals surface area contributed by atoms with E-state index in [2.05, 4.69) is 21.6 Å². The van der Waals surface area contributed by atoms with Crippen LogP contribution in [0.25, 0.3) is 0 Å². The van der Waals surface area contributed by atoms with Gasteiger partial charge in [-0.1, -0.05) is 11.8 Å². The van der Waals surface area contributed by atoms with E-state index in [0.29, 0.717) is 0 Å². The van der Waals surface area contributed by atoms with Crippen LogP contribution in [0.4, 0.5) is 9.59 Å². The second kappa shape index (κ2) is 14.0.